The van der Waals surface area contributed by atoms with Gasteiger partial charge in [-0.3, -0.25) is 4.79 Å². The van der Waals surface area contributed by atoms with Gasteiger partial charge in [-0.05, 0) is 85.3 Å². The minimum absolute atomic E-state index is 0.0850. The SMILES string of the molecule is Cc1cc(I)ccc1NC(=O)c1cccc(OC(C)C)c1. The molecule has 0 heterocycles. The van der Waals surface area contributed by atoms with E-state index in [1.807, 2.05) is 51.1 Å². The Morgan fingerprint density at radius 1 is 1.19 bits per heavy atom. The van der Waals surface area contributed by atoms with Gasteiger partial charge >= 0.3 is 0 Å². The zero-order valence-electron chi connectivity index (χ0n) is 12.3. The predicted octanol–water partition coefficient (Wildman–Crippen LogP) is 4.64. The largest absolute Gasteiger partial charge is 0.491 e. The van der Waals surface area contributed by atoms with Crippen molar-refractivity contribution in [3.05, 3.63) is 57.2 Å². The van der Waals surface area contributed by atoms with Crippen molar-refractivity contribution in [3.63, 3.8) is 0 Å². The van der Waals surface area contributed by atoms with Crippen LogP contribution in [0, 0.1) is 10.5 Å². The summed E-state index contributed by atoms with van der Waals surface area (Å²) in [7, 11) is 0. The van der Waals surface area contributed by atoms with Crippen LogP contribution in [0.4, 0.5) is 5.69 Å². The minimum atomic E-state index is -0.131. The third-order valence-electron chi connectivity index (χ3n) is 2.90. The van der Waals surface area contributed by atoms with Crippen molar-refractivity contribution >= 4 is 34.2 Å². The highest BCUT2D eigenvalue weighted by Crippen LogP contribution is 2.20. The van der Waals surface area contributed by atoms with Crippen molar-refractivity contribution in [1.29, 1.82) is 0 Å². The Hall–Kier alpha value is -1.56. The minimum Gasteiger partial charge on any atom is -0.491 e. The van der Waals surface area contributed by atoms with E-state index in [0.29, 0.717) is 11.3 Å². The van der Waals surface area contributed by atoms with Gasteiger partial charge in [-0.15, -0.1) is 0 Å². The second-order valence-corrected chi connectivity index (χ2v) is 6.35. The summed E-state index contributed by atoms with van der Waals surface area (Å²) in [5.74, 6) is 0.575. The first-order valence-corrected chi connectivity index (χ1v) is 7.88. The molecular weight excluding hydrogens is 377 g/mol. The van der Waals surface area contributed by atoms with Gasteiger partial charge in [0.05, 0.1) is 6.10 Å². The van der Waals surface area contributed by atoms with Crippen molar-refractivity contribution in [2.24, 2.45) is 0 Å². The highest BCUT2D eigenvalue weighted by atomic mass is 127. The van der Waals surface area contributed by atoms with E-state index >= 15 is 0 Å². The standard InChI is InChI=1S/C17H18INO2/c1-11(2)21-15-6-4-5-13(10-15)17(20)19-16-8-7-14(18)9-12(16)3/h4-11H,1-3H3,(H,19,20). The normalized spacial score (nSPS) is 10.5. The second kappa shape index (κ2) is 6.93. The summed E-state index contributed by atoms with van der Waals surface area (Å²) in [6.07, 6.45) is 0.0850. The average Bonchev–Trinajstić information content (AvgIpc) is 2.41. The molecule has 0 fully saturated rings. The number of amides is 1. The number of hydrogen-bond donors (Lipinski definition) is 1. The molecule has 0 aliphatic heterocycles. The summed E-state index contributed by atoms with van der Waals surface area (Å²) in [5.41, 5.74) is 2.46. The van der Waals surface area contributed by atoms with E-state index in [1.54, 1.807) is 12.1 Å². The number of aryl methyl sites for hydroxylation is 1. The maximum atomic E-state index is 12.3. The summed E-state index contributed by atoms with van der Waals surface area (Å²) in [4.78, 5) is 12.3. The van der Waals surface area contributed by atoms with Crippen LogP contribution in [-0.2, 0) is 0 Å². The molecule has 0 spiro atoms. The fourth-order valence-electron chi connectivity index (χ4n) is 1.94. The van der Waals surface area contributed by atoms with Gasteiger partial charge in [0.1, 0.15) is 5.75 Å². The summed E-state index contributed by atoms with van der Waals surface area (Å²) in [6, 6.07) is 13.2. The Labute approximate surface area is 138 Å². The van der Waals surface area contributed by atoms with Crippen molar-refractivity contribution in [1.82, 2.24) is 0 Å². The van der Waals surface area contributed by atoms with E-state index in [1.165, 1.54) is 0 Å². The average molecular weight is 395 g/mol. The van der Waals surface area contributed by atoms with E-state index in [0.717, 1.165) is 14.8 Å². The van der Waals surface area contributed by atoms with E-state index in [-0.39, 0.29) is 12.0 Å². The second-order valence-electron chi connectivity index (χ2n) is 5.11. The zero-order valence-corrected chi connectivity index (χ0v) is 14.5. The molecule has 4 heteroatoms. The van der Waals surface area contributed by atoms with Crippen LogP contribution in [0.3, 0.4) is 0 Å². The molecule has 3 nitrogen and oxygen atoms in total. The summed E-state index contributed by atoms with van der Waals surface area (Å²) in [6.45, 7) is 5.90. The van der Waals surface area contributed by atoms with Gasteiger partial charge in [0, 0.05) is 14.8 Å². The van der Waals surface area contributed by atoms with Crippen LogP contribution < -0.4 is 10.1 Å². The van der Waals surface area contributed by atoms with Gasteiger partial charge < -0.3 is 10.1 Å². The highest BCUT2D eigenvalue weighted by molar-refractivity contribution is 14.1. The topological polar surface area (TPSA) is 38.3 Å². The fourth-order valence-corrected chi connectivity index (χ4v) is 2.59. The fraction of sp³-hybridized carbons (Fsp3) is 0.235. The Bertz CT molecular complexity index is 653. The molecule has 1 N–H and O–H groups in total. The van der Waals surface area contributed by atoms with Crippen molar-refractivity contribution in [3.8, 4) is 5.75 Å². The monoisotopic (exact) mass is 395 g/mol. The van der Waals surface area contributed by atoms with Crippen LogP contribution in [-0.4, -0.2) is 12.0 Å². The molecule has 2 rings (SSSR count). The van der Waals surface area contributed by atoms with Crippen LogP contribution >= 0.6 is 22.6 Å². The van der Waals surface area contributed by atoms with Gasteiger partial charge in [-0.1, -0.05) is 6.07 Å². The summed E-state index contributed by atoms with van der Waals surface area (Å²) < 4.78 is 6.76. The van der Waals surface area contributed by atoms with Gasteiger partial charge in [-0.25, -0.2) is 0 Å². The van der Waals surface area contributed by atoms with Gasteiger partial charge in [0.25, 0.3) is 5.91 Å². The molecule has 0 aliphatic rings. The van der Waals surface area contributed by atoms with Crippen LogP contribution in [0.5, 0.6) is 5.75 Å². The molecule has 21 heavy (non-hydrogen) atoms. The molecule has 0 aromatic heterocycles. The van der Waals surface area contributed by atoms with E-state index in [9.17, 15) is 4.79 Å². The van der Waals surface area contributed by atoms with Crippen molar-refractivity contribution < 1.29 is 9.53 Å². The first-order valence-electron chi connectivity index (χ1n) is 6.80. The number of halogens is 1. The maximum Gasteiger partial charge on any atom is 0.255 e. The maximum absolute atomic E-state index is 12.3. The zero-order chi connectivity index (χ0) is 15.4. The highest BCUT2D eigenvalue weighted by Gasteiger charge is 2.09. The number of ether oxygens (including phenoxy) is 1. The first kappa shape index (κ1) is 15.8. The lowest BCUT2D eigenvalue weighted by Gasteiger charge is -2.12. The Morgan fingerprint density at radius 2 is 1.95 bits per heavy atom. The molecule has 2 aromatic carbocycles. The number of carbonyl (C=O) groups is 1. The predicted molar refractivity (Wildman–Crippen MR) is 94.1 cm³/mol. The van der Waals surface area contributed by atoms with E-state index in [2.05, 4.69) is 27.9 Å². The molecule has 0 aliphatic carbocycles. The lowest BCUT2D eigenvalue weighted by atomic mass is 10.1. The molecule has 0 bridgehead atoms. The van der Waals surface area contributed by atoms with Crippen LogP contribution in [0.25, 0.3) is 0 Å². The Kier molecular flexibility index (Phi) is 5.22. The number of carbonyl (C=O) groups excluding carboxylic acids is 1. The lowest BCUT2D eigenvalue weighted by Crippen LogP contribution is -2.13. The molecule has 0 atom stereocenters. The number of benzene rings is 2. The number of rotatable bonds is 4. The Morgan fingerprint density at radius 3 is 2.62 bits per heavy atom. The summed E-state index contributed by atoms with van der Waals surface area (Å²) in [5, 5.41) is 2.94. The number of nitrogens with one attached hydrogen (secondary N) is 1. The Balaban J connectivity index is 2.16. The smallest absolute Gasteiger partial charge is 0.255 e. The van der Waals surface area contributed by atoms with Crippen LogP contribution in [0.15, 0.2) is 42.5 Å². The lowest BCUT2D eigenvalue weighted by molar-refractivity contribution is 0.102. The molecule has 1 amide bonds. The number of anilines is 1. The van der Waals surface area contributed by atoms with Gasteiger partial charge in [-0.2, -0.15) is 0 Å². The van der Waals surface area contributed by atoms with E-state index in [4.69, 9.17) is 4.74 Å². The van der Waals surface area contributed by atoms with Crippen LogP contribution in [0.2, 0.25) is 0 Å². The molecule has 0 radical (unpaired) electrons. The summed E-state index contributed by atoms with van der Waals surface area (Å²) >= 11 is 2.25. The molecule has 2 aromatic rings. The molecule has 0 unspecified atom stereocenters. The van der Waals surface area contributed by atoms with Gasteiger partial charge in [0.15, 0.2) is 0 Å². The molecular formula is C17H18INO2. The van der Waals surface area contributed by atoms with Gasteiger partial charge in [0.2, 0.25) is 0 Å². The molecule has 110 valence electrons. The van der Waals surface area contributed by atoms with Crippen molar-refractivity contribution in [2.75, 3.05) is 5.32 Å². The quantitative estimate of drug-likeness (QED) is 0.767. The van der Waals surface area contributed by atoms with Crippen molar-refractivity contribution in [2.45, 2.75) is 26.9 Å². The molecule has 0 saturated carbocycles. The third-order valence-corrected chi connectivity index (χ3v) is 3.58. The van der Waals surface area contributed by atoms with E-state index < -0.39 is 0 Å². The number of hydrogen-bond acceptors (Lipinski definition) is 2. The third kappa shape index (κ3) is 4.46. The molecule has 0 saturated heterocycles. The van der Waals surface area contributed by atoms with Crippen LogP contribution in [0.1, 0.15) is 29.8 Å². The first-order chi connectivity index (χ1) is 9.95.